The second-order valence-corrected chi connectivity index (χ2v) is 5.74. The molecule has 4 aromatic rings. The molecule has 0 saturated heterocycles. The van der Waals surface area contributed by atoms with Gasteiger partial charge in [-0.25, -0.2) is 9.59 Å². The predicted octanol–water partition coefficient (Wildman–Crippen LogP) is 3.12. The molecule has 0 amide bonds. The lowest BCUT2D eigenvalue weighted by molar-refractivity contribution is 0.402. The molecule has 0 unspecified atom stereocenters. The van der Waals surface area contributed by atoms with Crippen molar-refractivity contribution in [3.8, 4) is 11.5 Å². The van der Waals surface area contributed by atoms with E-state index < -0.39 is 11.3 Å². The maximum atomic E-state index is 12.5. The Morgan fingerprint density at radius 3 is 1.46 bits per heavy atom. The summed E-state index contributed by atoms with van der Waals surface area (Å²) in [6.45, 7) is 3.55. The van der Waals surface area contributed by atoms with E-state index >= 15 is 0 Å². The van der Waals surface area contributed by atoms with Crippen molar-refractivity contribution in [1.82, 2.24) is 0 Å². The first-order valence-electron chi connectivity index (χ1n) is 7.35. The molecule has 2 aromatic heterocycles. The smallest absolute Gasteiger partial charge is 0.344 e. The van der Waals surface area contributed by atoms with E-state index in [9.17, 15) is 9.59 Å². The topological polar surface area (TPSA) is 78.9 Å². The van der Waals surface area contributed by atoms with Crippen molar-refractivity contribution in [1.29, 1.82) is 0 Å². The van der Waals surface area contributed by atoms with Crippen LogP contribution < -0.4 is 20.7 Å². The van der Waals surface area contributed by atoms with Gasteiger partial charge in [-0.05, 0) is 37.1 Å². The maximum Gasteiger partial charge on any atom is 0.344 e. The second kappa shape index (κ2) is 4.74. The van der Waals surface area contributed by atoms with E-state index in [0.29, 0.717) is 44.2 Å². The largest absolute Gasteiger partial charge is 0.493 e. The van der Waals surface area contributed by atoms with Crippen molar-refractivity contribution in [2.24, 2.45) is 0 Å². The lowest BCUT2D eigenvalue weighted by Crippen LogP contribution is -2.09. The summed E-state index contributed by atoms with van der Waals surface area (Å²) in [6.07, 6.45) is 0. The molecule has 0 fully saturated rings. The molecule has 6 nitrogen and oxygen atoms in total. The Bertz CT molecular complexity index is 1130. The SMILES string of the molecule is COc1c(C)cc2c(=O)oc3c(OC)c(C)cc4c(=O)oc1c2c34. The molecule has 0 bridgehead atoms. The van der Waals surface area contributed by atoms with E-state index in [-0.39, 0.29) is 11.2 Å². The van der Waals surface area contributed by atoms with Gasteiger partial charge in [0.15, 0.2) is 22.7 Å². The fourth-order valence-corrected chi connectivity index (χ4v) is 3.35. The van der Waals surface area contributed by atoms with Gasteiger partial charge in [0, 0.05) is 10.8 Å². The molecular weight excluding hydrogens is 312 g/mol. The van der Waals surface area contributed by atoms with E-state index in [2.05, 4.69) is 0 Å². The monoisotopic (exact) mass is 326 g/mol. The highest BCUT2D eigenvalue weighted by Crippen LogP contribution is 2.41. The van der Waals surface area contributed by atoms with E-state index in [4.69, 9.17) is 18.3 Å². The van der Waals surface area contributed by atoms with E-state index in [0.717, 1.165) is 0 Å². The average molecular weight is 326 g/mol. The fraction of sp³-hybridized carbons (Fsp3) is 0.222. The molecule has 122 valence electrons. The average Bonchev–Trinajstić information content (AvgIpc) is 2.54. The number of hydrogen-bond acceptors (Lipinski definition) is 6. The number of aryl methyl sites for hydroxylation is 2. The molecule has 0 atom stereocenters. The zero-order valence-electron chi connectivity index (χ0n) is 13.6. The Morgan fingerprint density at radius 1 is 0.750 bits per heavy atom. The van der Waals surface area contributed by atoms with Gasteiger partial charge in [-0.15, -0.1) is 0 Å². The first-order chi connectivity index (χ1) is 11.5. The van der Waals surface area contributed by atoms with Crippen LogP contribution in [0.4, 0.5) is 0 Å². The molecule has 24 heavy (non-hydrogen) atoms. The molecule has 4 rings (SSSR count). The van der Waals surface area contributed by atoms with Crippen LogP contribution in [0.1, 0.15) is 11.1 Å². The molecule has 0 radical (unpaired) electrons. The van der Waals surface area contributed by atoms with Crippen LogP contribution in [0.25, 0.3) is 32.7 Å². The lowest BCUT2D eigenvalue weighted by atomic mass is 9.99. The van der Waals surface area contributed by atoms with Gasteiger partial charge < -0.3 is 18.3 Å². The summed E-state index contributed by atoms with van der Waals surface area (Å²) in [5, 5.41) is 1.71. The number of ether oxygens (including phenoxy) is 2. The van der Waals surface area contributed by atoms with Gasteiger partial charge in [-0.2, -0.15) is 0 Å². The van der Waals surface area contributed by atoms with Crippen molar-refractivity contribution in [2.75, 3.05) is 14.2 Å². The van der Waals surface area contributed by atoms with Gasteiger partial charge in [0.05, 0.1) is 25.0 Å². The highest BCUT2D eigenvalue weighted by molar-refractivity contribution is 6.21. The summed E-state index contributed by atoms with van der Waals surface area (Å²) in [7, 11) is 2.98. The van der Waals surface area contributed by atoms with Crippen LogP contribution in [0.3, 0.4) is 0 Å². The second-order valence-electron chi connectivity index (χ2n) is 5.74. The summed E-state index contributed by atoms with van der Waals surface area (Å²) in [5.41, 5.74) is 0.821. The molecule has 6 heteroatoms. The Labute approximate surface area is 135 Å². The van der Waals surface area contributed by atoms with Crippen LogP contribution in [0.15, 0.2) is 30.6 Å². The normalized spacial score (nSPS) is 11.7. The highest BCUT2D eigenvalue weighted by atomic mass is 16.5. The molecular formula is C18H14O6. The predicted molar refractivity (Wildman–Crippen MR) is 89.8 cm³/mol. The molecule has 2 heterocycles. The van der Waals surface area contributed by atoms with Crippen molar-refractivity contribution in [2.45, 2.75) is 13.8 Å². The Hall–Kier alpha value is -3.02. The molecule has 0 aliphatic carbocycles. The summed E-state index contributed by atoms with van der Waals surface area (Å²) >= 11 is 0. The third-order valence-electron chi connectivity index (χ3n) is 4.33. The Balaban J connectivity index is 2.48. The molecule has 0 N–H and O–H groups in total. The summed E-state index contributed by atoms with van der Waals surface area (Å²) in [6, 6.07) is 3.36. The van der Waals surface area contributed by atoms with Gasteiger partial charge in [-0.3, -0.25) is 0 Å². The fourth-order valence-electron chi connectivity index (χ4n) is 3.35. The summed E-state index contributed by atoms with van der Waals surface area (Å²) in [5.74, 6) is 0.848. The Morgan fingerprint density at radius 2 is 1.12 bits per heavy atom. The summed E-state index contributed by atoms with van der Waals surface area (Å²) < 4.78 is 21.8. The standard InChI is InChI=1S/C18H14O6/c1-7-5-9-11-12-10(18(20)23-15(11)13(7)21-3)6-8(2)14(22-4)16(12)24-17(9)19/h5-6H,1-4H3. The highest BCUT2D eigenvalue weighted by Gasteiger charge is 2.24. The van der Waals surface area contributed by atoms with Crippen molar-refractivity contribution >= 4 is 32.7 Å². The van der Waals surface area contributed by atoms with Gasteiger partial charge in [0.1, 0.15) is 0 Å². The number of rotatable bonds is 2. The van der Waals surface area contributed by atoms with Crippen molar-refractivity contribution < 1.29 is 18.3 Å². The number of methoxy groups -OCH3 is 2. The lowest BCUT2D eigenvalue weighted by Gasteiger charge is -2.14. The Kier molecular flexibility index (Phi) is 2.87. The van der Waals surface area contributed by atoms with E-state index in [1.54, 1.807) is 26.0 Å². The quantitative estimate of drug-likeness (QED) is 0.416. The molecule has 0 aliphatic heterocycles. The van der Waals surface area contributed by atoms with Gasteiger partial charge in [0.2, 0.25) is 0 Å². The minimum absolute atomic E-state index is 0.244. The van der Waals surface area contributed by atoms with Crippen LogP contribution in [0.2, 0.25) is 0 Å². The van der Waals surface area contributed by atoms with E-state index in [1.807, 2.05) is 0 Å². The van der Waals surface area contributed by atoms with E-state index in [1.165, 1.54) is 14.2 Å². The van der Waals surface area contributed by atoms with Crippen LogP contribution in [-0.2, 0) is 0 Å². The van der Waals surface area contributed by atoms with Crippen LogP contribution in [-0.4, -0.2) is 14.2 Å². The summed E-state index contributed by atoms with van der Waals surface area (Å²) in [4.78, 5) is 25.0. The van der Waals surface area contributed by atoms with Gasteiger partial charge in [-0.1, -0.05) is 0 Å². The molecule has 2 aromatic carbocycles. The molecule has 0 aliphatic rings. The first-order valence-corrected chi connectivity index (χ1v) is 7.35. The van der Waals surface area contributed by atoms with Crippen LogP contribution >= 0.6 is 0 Å². The minimum Gasteiger partial charge on any atom is -0.493 e. The zero-order valence-corrected chi connectivity index (χ0v) is 13.6. The minimum atomic E-state index is -0.516. The molecule has 0 saturated carbocycles. The van der Waals surface area contributed by atoms with Gasteiger partial charge >= 0.3 is 11.3 Å². The van der Waals surface area contributed by atoms with Crippen molar-refractivity contribution in [3.63, 3.8) is 0 Å². The van der Waals surface area contributed by atoms with Crippen LogP contribution in [0.5, 0.6) is 11.5 Å². The zero-order chi connectivity index (χ0) is 17.2. The van der Waals surface area contributed by atoms with Gasteiger partial charge in [0.25, 0.3) is 0 Å². The number of hydrogen-bond donors (Lipinski definition) is 0. The number of benzene rings is 2. The third-order valence-corrected chi connectivity index (χ3v) is 4.33. The molecule has 0 spiro atoms. The first kappa shape index (κ1) is 14.6. The maximum absolute atomic E-state index is 12.5. The van der Waals surface area contributed by atoms with Crippen LogP contribution in [0, 0.1) is 13.8 Å². The third kappa shape index (κ3) is 1.65. The van der Waals surface area contributed by atoms with Crippen molar-refractivity contribution in [3.05, 3.63) is 44.1 Å².